The first-order chi connectivity index (χ1) is 11.0. The highest BCUT2D eigenvalue weighted by Crippen LogP contribution is 2.16. The summed E-state index contributed by atoms with van der Waals surface area (Å²) in [4.78, 5) is 23.7. The zero-order valence-corrected chi connectivity index (χ0v) is 13.3. The molecular formula is C17H21N3O3. The van der Waals surface area contributed by atoms with Crippen LogP contribution in [-0.2, 0) is 6.54 Å². The van der Waals surface area contributed by atoms with Gasteiger partial charge < -0.3 is 10.4 Å². The summed E-state index contributed by atoms with van der Waals surface area (Å²) >= 11 is 0. The van der Waals surface area contributed by atoms with E-state index in [2.05, 4.69) is 10.4 Å². The highest BCUT2D eigenvalue weighted by Gasteiger charge is 2.14. The van der Waals surface area contributed by atoms with Crippen LogP contribution in [0, 0.1) is 6.92 Å². The van der Waals surface area contributed by atoms with Gasteiger partial charge in [-0.2, -0.15) is 5.10 Å². The lowest BCUT2D eigenvalue weighted by molar-refractivity contribution is 0.0908. The van der Waals surface area contributed by atoms with Gasteiger partial charge in [-0.25, -0.2) is 4.68 Å². The molecule has 1 aromatic heterocycles. The smallest absolute Gasteiger partial charge is 0.271 e. The molecule has 1 heterocycles. The average molecular weight is 315 g/mol. The van der Waals surface area contributed by atoms with Crippen molar-refractivity contribution in [2.75, 3.05) is 6.54 Å². The van der Waals surface area contributed by atoms with Crippen molar-refractivity contribution in [3.63, 3.8) is 0 Å². The summed E-state index contributed by atoms with van der Waals surface area (Å²) in [7, 11) is 0. The third-order valence-electron chi connectivity index (χ3n) is 3.54. The van der Waals surface area contributed by atoms with Crippen LogP contribution in [0.2, 0.25) is 0 Å². The second-order valence-electron chi connectivity index (χ2n) is 5.36. The Balaban J connectivity index is 2.04. The quantitative estimate of drug-likeness (QED) is 0.844. The number of rotatable bonds is 6. The maximum Gasteiger partial charge on any atom is 0.271 e. The minimum atomic E-state index is -0.790. The number of hydrogen-bond acceptors (Lipinski definition) is 4. The average Bonchev–Trinajstić information content (AvgIpc) is 2.55. The molecule has 2 N–H and O–H groups in total. The van der Waals surface area contributed by atoms with Crippen molar-refractivity contribution < 1.29 is 9.90 Å². The van der Waals surface area contributed by atoms with E-state index >= 15 is 0 Å². The summed E-state index contributed by atoms with van der Waals surface area (Å²) in [6, 6.07) is 10.2. The number of aryl methyl sites for hydroxylation is 2. The van der Waals surface area contributed by atoms with E-state index in [9.17, 15) is 14.7 Å². The van der Waals surface area contributed by atoms with E-state index in [4.69, 9.17) is 0 Å². The molecule has 0 bridgehead atoms. The number of nitrogens with one attached hydrogen (secondary N) is 1. The van der Waals surface area contributed by atoms with Crippen LogP contribution < -0.4 is 10.9 Å². The van der Waals surface area contributed by atoms with E-state index in [-0.39, 0.29) is 17.8 Å². The predicted molar refractivity (Wildman–Crippen MR) is 87.3 cm³/mol. The molecule has 0 saturated heterocycles. The zero-order valence-electron chi connectivity index (χ0n) is 13.3. The van der Waals surface area contributed by atoms with Crippen molar-refractivity contribution in [2.45, 2.75) is 32.9 Å². The Labute approximate surface area is 134 Å². The summed E-state index contributed by atoms with van der Waals surface area (Å²) in [5, 5.41) is 16.9. The lowest BCUT2D eigenvalue weighted by atomic mass is 10.0. The van der Waals surface area contributed by atoms with Crippen LogP contribution in [0.5, 0.6) is 0 Å². The van der Waals surface area contributed by atoms with Crippen LogP contribution in [0.3, 0.4) is 0 Å². The SMILES string of the molecule is CCCn1nc(C(=O)NCC(O)c2ccccc2C)ccc1=O. The van der Waals surface area contributed by atoms with E-state index in [0.717, 1.165) is 17.5 Å². The Morgan fingerprint density at radius 2 is 2.04 bits per heavy atom. The molecule has 1 atom stereocenters. The molecule has 6 nitrogen and oxygen atoms in total. The Morgan fingerprint density at radius 1 is 1.30 bits per heavy atom. The van der Waals surface area contributed by atoms with Crippen molar-refractivity contribution in [1.29, 1.82) is 0 Å². The first kappa shape index (κ1) is 16.9. The van der Waals surface area contributed by atoms with Gasteiger partial charge in [0.05, 0.1) is 6.10 Å². The highest BCUT2D eigenvalue weighted by molar-refractivity contribution is 5.92. The van der Waals surface area contributed by atoms with Crippen molar-refractivity contribution in [1.82, 2.24) is 15.1 Å². The highest BCUT2D eigenvalue weighted by atomic mass is 16.3. The van der Waals surface area contributed by atoms with Gasteiger partial charge >= 0.3 is 0 Å². The molecular weight excluding hydrogens is 294 g/mol. The molecule has 2 aromatic rings. The van der Waals surface area contributed by atoms with Gasteiger partial charge in [0.1, 0.15) is 5.69 Å². The number of aromatic nitrogens is 2. The molecule has 0 saturated carbocycles. The van der Waals surface area contributed by atoms with E-state index in [0.29, 0.717) is 6.54 Å². The van der Waals surface area contributed by atoms with Crippen molar-refractivity contribution in [2.24, 2.45) is 0 Å². The maximum absolute atomic E-state index is 12.1. The van der Waals surface area contributed by atoms with E-state index < -0.39 is 12.0 Å². The number of aliphatic hydroxyl groups excluding tert-OH is 1. The van der Waals surface area contributed by atoms with Crippen LogP contribution in [0.4, 0.5) is 0 Å². The topological polar surface area (TPSA) is 84.2 Å². The van der Waals surface area contributed by atoms with Gasteiger partial charge in [0.2, 0.25) is 0 Å². The minimum Gasteiger partial charge on any atom is -0.387 e. The summed E-state index contributed by atoms with van der Waals surface area (Å²) < 4.78 is 1.27. The van der Waals surface area contributed by atoms with Crippen LogP contribution in [-0.4, -0.2) is 27.3 Å². The van der Waals surface area contributed by atoms with Crippen LogP contribution >= 0.6 is 0 Å². The number of aliphatic hydroxyl groups is 1. The third kappa shape index (κ3) is 4.26. The summed E-state index contributed by atoms with van der Waals surface area (Å²) in [5.41, 5.74) is 1.67. The predicted octanol–water partition coefficient (Wildman–Crippen LogP) is 1.43. The first-order valence-corrected chi connectivity index (χ1v) is 7.63. The number of carbonyl (C=O) groups excluding carboxylic acids is 1. The molecule has 1 amide bonds. The zero-order chi connectivity index (χ0) is 16.8. The molecule has 0 aliphatic heterocycles. The molecule has 23 heavy (non-hydrogen) atoms. The molecule has 122 valence electrons. The standard InChI is InChI=1S/C17H21N3O3/c1-3-10-20-16(22)9-8-14(19-20)17(23)18-11-15(21)13-7-5-4-6-12(13)2/h4-9,15,21H,3,10-11H2,1-2H3,(H,18,23). The van der Waals surface area contributed by atoms with Crippen LogP contribution in [0.1, 0.15) is 41.1 Å². The second-order valence-corrected chi connectivity index (χ2v) is 5.36. The number of benzene rings is 1. The normalized spacial score (nSPS) is 12.0. The Kier molecular flexibility index (Phi) is 5.65. The van der Waals surface area contributed by atoms with Crippen molar-refractivity contribution in [3.05, 3.63) is 63.6 Å². The van der Waals surface area contributed by atoms with Crippen molar-refractivity contribution in [3.8, 4) is 0 Å². The Morgan fingerprint density at radius 3 is 2.74 bits per heavy atom. The molecule has 0 spiro atoms. The fraction of sp³-hybridized carbons (Fsp3) is 0.353. The number of carbonyl (C=O) groups is 1. The molecule has 0 aliphatic rings. The fourth-order valence-electron chi connectivity index (χ4n) is 2.29. The molecule has 2 rings (SSSR count). The number of nitrogens with zero attached hydrogens (tertiary/aromatic N) is 2. The van der Waals surface area contributed by atoms with Gasteiger partial charge in [-0.3, -0.25) is 9.59 Å². The first-order valence-electron chi connectivity index (χ1n) is 7.63. The molecule has 1 aromatic carbocycles. The Bertz CT molecular complexity index is 740. The number of amides is 1. The molecule has 6 heteroatoms. The summed E-state index contributed by atoms with van der Waals surface area (Å²) in [5.74, 6) is -0.414. The van der Waals surface area contributed by atoms with Gasteiger partial charge in [0.15, 0.2) is 0 Å². The van der Waals surface area contributed by atoms with Crippen LogP contribution in [0.25, 0.3) is 0 Å². The van der Waals surface area contributed by atoms with E-state index in [1.54, 1.807) is 0 Å². The fourth-order valence-corrected chi connectivity index (χ4v) is 2.29. The van der Waals surface area contributed by atoms with Gasteiger partial charge in [0, 0.05) is 19.2 Å². The molecule has 0 aliphatic carbocycles. The lowest BCUT2D eigenvalue weighted by Gasteiger charge is -2.14. The maximum atomic E-state index is 12.1. The van der Waals surface area contributed by atoms with Crippen LogP contribution in [0.15, 0.2) is 41.2 Å². The van der Waals surface area contributed by atoms with E-state index in [1.807, 2.05) is 38.1 Å². The molecule has 1 unspecified atom stereocenters. The van der Waals surface area contributed by atoms with Gasteiger partial charge in [-0.05, 0) is 30.5 Å². The van der Waals surface area contributed by atoms with Gasteiger partial charge in [-0.15, -0.1) is 0 Å². The summed E-state index contributed by atoms with van der Waals surface area (Å²) in [6.45, 7) is 4.38. The second kappa shape index (κ2) is 7.69. The van der Waals surface area contributed by atoms with Crippen molar-refractivity contribution >= 4 is 5.91 Å². The third-order valence-corrected chi connectivity index (χ3v) is 3.54. The largest absolute Gasteiger partial charge is 0.387 e. The lowest BCUT2D eigenvalue weighted by Crippen LogP contribution is -2.32. The molecule has 0 fully saturated rings. The van der Waals surface area contributed by atoms with Gasteiger partial charge in [0.25, 0.3) is 11.5 Å². The Hall–Kier alpha value is -2.47. The minimum absolute atomic E-state index is 0.0816. The van der Waals surface area contributed by atoms with E-state index in [1.165, 1.54) is 16.8 Å². The number of hydrogen-bond donors (Lipinski definition) is 2. The van der Waals surface area contributed by atoms with Gasteiger partial charge in [-0.1, -0.05) is 31.2 Å². The summed E-state index contributed by atoms with van der Waals surface area (Å²) in [6.07, 6.45) is -0.0361. The monoisotopic (exact) mass is 315 g/mol. The molecule has 0 radical (unpaired) electrons.